The van der Waals surface area contributed by atoms with E-state index in [0.29, 0.717) is 0 Å². The van der Waals surface area contributed by atoms with Crippen molar-refractivity contribution in [3.05, 3.63) is 23.9 Å². The molecule has 0 radical (unpaired) electrons. The number of hydrogen-bond acceptors (Lipinski definition) is 4. The molecule has 2 rings (SSSR count). The van der Waals surface area contributed by atoms with Crippen LogP contribution in [0.1, 0.15) is 45.6 Å². The second-order valence-corrected chi connectivity index (χ2v) is 7.43. The summed E-state index contributed by atoms with van der Waals surface area (Å²) < 4.78 is 0. The number of hydrogen-bond donors (Lipinski definition) is 2. The van der Waals surface area contributed by atoms with Gasteiger partial charge >= 0.3 is 0 Å². The van der Waals surface area contributed by atoms with Gasteiger partial charge in [0.2, 0.25) is 0 Å². The highest BCUT2D eigenvalue weighted by atomic mass is 127. The van der Waals surface area contributed by atoms with Gasteiger partial charge in [-0.3, -0.25) is 4.99 Å². The summed E-state index contributed by atoms with van der Waals surface area (Å²) in [7, 11) is 1.82. The number of aliphatic imine (C=N–C) groups is 1. The van der Waals surface area contributed by atoms with Crippen LogP contribution in [0, 0.1) is 5.92 Å². The van der Waals surface area contributed by atoms with Gasteiger partial charge in [-0.1, -0.05) is 13.0 Å². The molecule has 1 aromatic rings. The van der Waals surface area contributed by atoms with Gasteiger partial charge in [0.1, 0.15) is 5.82 Å². The van der Waals surface area contributed by atoms with Crippen molar-refractivity contribution < 1.29 is 0 Å². The molecule has 2 heterocycles. The summed E-state index contributed by atoms with van der Waals surface area (Å²) in [5.74, 6) is 2.80. The summed E-state index contributed by atoms with van der Waals surface area (Å²) in [5.41, 5.74) is 1.16. The van der Waals surface area contributed by atoms with Crippen LogP contribution in [0.25, 0.3) is 0 Å². The zero-order valence-electron chi connectivity index (χ0n) is 18.1. The molecule has 0 amide bonds. The standard InChI is InChI=1S/C21H38N6.HI/c1-5-27(6-2)20-9-8-19(16-24-20)17-25-21(22-4)23-12-7-13-26-14-10-18(3)11-15-26;/h8-9,16,18H,5-7,10-15,17H2,1-4H3,(H2,22,23,25);1H. The van der Waals surface area contributed by atoms with Gasteiger partial charge in [0.25, 0.3) is 0 Å². The van der Waals surface area contributed by atoms with Crippen LogP contribution in [0.15, 0.2) is 23.3 Å². The van der Waals surface area contributed by atoms with Crippen LogP contribution in [-0.2, 0) is 6.54 Å². The van der Waals surface area contributed by atoms with Crippen LogP contribution < -0.4 is 15.5 Å². The molecule has 1 aromatic heterocycles. The highest BCUT2D eigenvalue weighted by molar-refractivity contribution is 14.0. The molecule has 7 heteroatoms. The summed E-state index contributed by atoms with van der Waals surface area (Å²) >= 11 is 0. The number of aromatic nitrogens is 1. The Morgan fingerprint density at radius 3 is 2.50 bits per heavy atom. The molecular weight excluding hydrogens is 463 g/mol. The highest BCUT2D eigenvalue weighted by Gasteiger charge is 2.14. The van der Waals surface area contributed by atoms with Crippen molar-refractivity contribution in [2.75, 3.05) is 51.2 Å². The van der Waals surface area contributed by atoms with Gasteiger partial charge in [-0.05, 0) is 70.3 Å². The van der Waals surface area contributed by atoms with Crippen LogP contribution in [0.5, 0.6) is 0 Å². The van der Waals surface area contributed by atoms with E-state index in [4.69, 9.17) is 0 Å². The summed E-state index contributed by atoms with van der Waals surface area (Å²) in [6, 6.07) is 4.23. The number of rotatable bonds is 9. The largest absolute Gasteiger partial charge is 0.357 e. The second-order valence-electron chi connectivity index (χ2n) is 7.43. The first-order chi connectivity index (χ1) is 13.2. The summed E-state index contributed by atoms with van der Waals surface area (Å²) in [4.78, 5) is 13.7. The van der Waals surface area contributed by atoms with E-state index in [1.54, 1.807) is 0 Å². The molecule has 1 saturated heterocycles. The van der Waals surface area contributed by atoms with Gasteiger partial charge in [0.15, 0.2) is 5.96 Å². The SMILES string of the molecule is CCN(CC)c1ccc(CNC(=NC)NCCCN2CCC(C)CC2)cn1.I. The number of likely N-dealkylation sites (tertiary alicyclic amines) is 1. The second kappa shape index (κ2) is 14.0. The van der Waals surface area contributed by atoms with E-state index >= 15 is 0 Å². The lowest BCUT2D eigenvalue weighted by atomic mass is 9.99. The van der Waals surface area contributed by atoms with E-state index in [2.05, 4.69) is 63.3 Å². The first-order valence-electron chi connectivity index (χ1n) is 10.5. The maximum atomic E-state index is 4.58. The Kier molecular flexibility index (Phi) is 12.5. The molecule has 1 aliphatic rings. The number of piperidine rings is 1. The first kappa shape index (κ1) is 24.9. The number of nitrogens with zero attached hydrogens (tertiary/aromatic N) is 4. The molecule has 0 atom stereocenters. The molecule has 0 unspecified atom stereocenters. The molecule has 0 saturated carbocycles. The number of nitrogens with one attached hydrogen (secondary N) is 2. The predicted molar refractivity (Wildman–Crippen MR) is 131 cm³/mol. The van der Waals surface area contributed by atoms with Crippen LogP contribution in [-0.4, -0.2) is 62.2 Å². The monoisotopic (exact) mass is 502 g/mol. The molecule has 0 aromatic carbocycles. The Morgan fingerprint density at radius 2 is 1.93 bits per heavy atom. The summed E-state index contributed by atoms with van der Waals surface area (Å²) in [6.45, 7) is 14.0. The van der Waals surface area contributed by atoms with Crippen molar-refractivity contribution in [1.29, 1.82) is 0 Å². The van der Waals surface area contributed by atoms with E-state index in [0.717, 1.165) is 55.9 Å². The van der Waals surface area contributed by atoms with Gasteiger partial charge in [0, 0.05) is 39.4 Å². The van der Waals surface area contributed by atoms with Crippen LogP contribution in [0.3, 0.4) is 0 Å². The number of halogens is 1. The van der Waals surface area contributed by atoms with Gasteiger partial charge in [-0.25, -0.2) is 4.98 Å². The molecule has 1 aliphatic heterocycles. The Balaban J connectivity index is 0.00000392. The van der Waals surface area contributed by atoms with E-state index in [1.807, 2.05) is 13.2 Å². The normalized spacial score (nSPS) is 15.8. The summed E-state index contributed by atoms with van der Waals surface area (Å²) in [5, 5.41) is 6.80. The minimum Gasteiger partial charge on any atom is -0.357 e. The average Bonchev–Trinajstić information content (AvgIpc) is 2.70. The van der Waals surface area contributed by atoms with E-state index in [1.165, 1.54) is 32.5 Å². The van der Waals surface area contributed by atoms with Crippen LogP contribution >= 0.6 is 24.0 Å². The van der Waals surface area contributed by atoms with Gasteiger partial charge in [0.05, 0.1) is 0 Å². The highest BCUT2D eigenvalue weighted by Crippen LogP contribution is 2.15. The lowest BCUT2D eigenvalue weighted by Crippen LogP contribution is -2.39. The minimum atomic E-state index is 0. The van der Waals surface area contributed by atoms with Gasteiger partial charge < -0.3 is 20.4 Å². The zero-order chi connectivity index (χ0) is 19.5. The molecule has 1 fully saturated rings. The maximum absolute atomic E-state index is 4.58. The molecule has 160 valence electrons. The van der Waals surface area contributed by atoms with Crippen molar-refractivity contribution >= 4 is 35.8 Å². The van der Waals surface area contributed by atoms with Crippen molar-refractivity contribution in [2.24, 2.45) is 10.9 Å². The summed E-state index contributed by atoms with van der Waals surface area (Å²) in [6.07, 6.45) is 5.79. The van der Waals surface area contributed by atoms with Gasteiger partial charge in [-0.2, -0.15) is 0 Å². The Labute approximate surface area is 188 Å². The number of anilines is 1. The fourth-order valence-corrected chi connectivity index (χ4v) is 3.46. The van der Waals surface area contributed by atoms with E-state index in [-0.39, 0.29) is 24.0 Å². The Bertz CT molecular complexity index is 551. The Morgan fingerprint density at radius 1 is 1.21 bits per heavy atom. The lowest BCUT2D eigenvalue weighted by Gasteiger charge is -2.30. The minimum absolute atomic E-state index is 0. The molecule has 6 nitrogen and oxygen atoms in total. The maximum Gasteiger partial charge on any atom is 0.191 e. The van der Waals surface area contributed by atoms with Crippen molar-refractivity contribution in [1.82, 2.24) is 20.5 Å². The van der Waals surface area contributed by atoms with E-state index in [9.17, 15) is 0 Å². The van der Waals surface area contributed by atoms with Gasteiger partial charge in [-0.15, -0.1) is 24.0 Å². The third-order valence-corrected chi connectivity index (χ3v) is 5.40. The predicted octanol–water partition coefficient (Wildman–Crippen LogP) is 3.33. The fraction of sp³-hybridized carbons (Fsp3) is 0.714. The first-order valence-corrected chi connectivity index (χ1v) is 10.5. The quantitative estimate of drug-likeness (QED) is 0.235. The molecular formula is C21H39IN6. The topological polar surface area (TPSA) is 55.8 Å². The molecule has 28 heavy (non-hydrogen) atoms. The van der Waals surface area contributed by atoms with Crippen LogP contribution in [0.4, 0.5) is 5.82 Å². The van der Waals surface area contributed by atoms with Crippen molar-refractivity contribution in [3.63, 3.8) is 0 Å². The lowest BCUT2D eigenvalue weighted by molar-refractivity contribution is 0.191. The average molecular weight is 502 g/mol. The fourth-order valence-electron chi connectivity index (χ4n) is 3.46. The number of guanidine groups is 1. The molecule has 0 bridgehead atoms. The molecule has 0 aliphatic carbocycles. The third kappa shape index (κ3) is 8.51. The molecule has 2 N–H and O–H groups in total. The van der Waals surface area contributed by atoms with Crippen LogP contribution in [0.2, 0.25) is 0 Å². The Hall–Kier alpha value is -1.09. The van der Waals surface area contributed by atoms with Crippen molar-refractivity contribution in [3.8, 4) is 0 Å². The van der Waals surface area contributed by atoms with Crippen molar-refractivity contribution in [2.45, 2.75) is 46.6 Å². The zero-order valence-corrected chi connectivity index (χ0v) is 20.4. The smallest absolute Gasteiger partial charge is 0.191 e. The number of pyridine rings is 1. The molecule has 0 spiro atoms. The van der Waals surface area contributed by atoms with E-state index < -0.39 is 0 Å². The third-order valence-electron chi connectivity index (χ3n) is 5.40.